The van der Waals surface area contributed by atoms with Crippen LogP contribution in [0.2, 0.25) is 0 Å². The Bertz CT molecular complexity index is 327. The van der Waals surface area contributed by atoms with Crippen LogP contribution in [0, 0.1) is 13.8 Å². The van der Waals surface area contributed by atoms with Crippen molar-refractivity contribution in [2.75, 3.05) is 20.3 Å². The van der Waals surface area contributed by atoms with Crippen LogP contribution < -0.4 is 9.47 Å². The van der Waals surface area contributed by atoms with Crippen molar-refractivity contribution in [3.8, 4) is 5.75 Å². The van der Waals surface area contributed by atoms with Gasteiger partial charge in [0.1, 0.15) is 5.75 Å². The Morgan fingerprint density at radius 2 is 1.88 bits per heavy atom. The SMILES string of the molecule is CC.COCCCOc1cc[n+](O)c(C)c1C. The van der Waals surface area contributed by atoms with Gasteiger partial charge in [0, 0.05) is 37.9 Å². The molecule has 0 unspecified atom stereocenters. The van der Waals surface area contributed by atoms with Crippen LogP contribution in [0.1, 0.15) is 31.5 Å². The summed E-state index contributed by atoms with van der Waals surface area (Å²) < 4.78 is 11.6. The molecule has 0 bridgehead atoms. The summed E-state index contributed by atoms with van der Waals surface area (Å²) >= 11 is 0. The predicted molar refractivity (Wildman–Crippen MR) is 66.6 cm³/mol. The number of methoxy groups -OCH3 is 1. The maximum absolute atomic E-state index is 9.38. The van der Waals surface area contributed by atoms with Crippen LogP contribution in [0.4, 0.5) is 0 Å². The van der Waals surface area contributed by atoms with E-state index in [1.807, 2.05) is 27.7 Å². The topological polar surface area (TPSA) is 42.6 Å². The van der Waals surface area contributed by atoms with Crippen molar-refractivity contribution in [2.24, 2.45) is 0 Å². The lowest BCUT2D eigenvalue weighted by molar-refractivity contribution is -0.909. The summed E-state index contributed by atoms with van der Waals surface area (Å²) in [7, 11) is 1.67. The maximum Gasteiger partial charge on any atom is 0.237 e. The van der Waals surface area contributed by atoms with E-state index in [9.17, 15) is 5.21 Å². The molecule has 0 aliphatic carbocycles. The average Bonchev–Trinajstić information content (AvgIpc) is 2.36. The monoisotopic (exact) mass is 242 g/mol. The van der Waals surface area contributed by atoms with E-state index in [4.69, 9.17) is 9.47 Å². The standard InChI is InChI=1S/C11H18NO3.C2H6/c1-9-10(2)12(13)6-5-11(9)15-8-4-7-14-3;1-2/h5-6,13H,4,7-8H2,1-3H3;1-2H3/q+1;. The molecule has 1 aromatic rings. The number of hydrogen-bond acceptors (Lipinski definition) is 3. The fraction of sp³-hybridized carbons (Fsp3) is 0.615. The number of nitrogens with zero attached hydrogens (tertiary/aromatic N) is 1. The minimum Gasteiger partial charge on any atom is -0.493 e. The Hall–Kier alpha value is -1.29. The van der Waals surface area contributed by atoms with Gasteiger partial charge < -0.3 is 9.47 Å². The van der Waals surface area contributed by atoms with E-state index in [1.165, 1.54) is 0 Å². The van der Waals surface area contributed by atoms with Gasteiger partial charge in [-0.15, -0.1) is 0 Å². The molecule has 0 saturated carbocycles. The van der Waals surface area contributed by atoms with Gasteiger partial charge in [-0.25, -0.2) is 0 Å². The molecule has 98 valence electrons. The minimum atomic E-state index is 0.629. The summed E-state index contributed by atoms with van der Waals surface area (Å²) in [6.45, 7) is 9.10. The molecule has 0 spiro atoms. The van der Waals surface area contributed by atoms with Gasteiger partial charge in [0.25, 0.3) is 0 Å². The first-order chi connectivity index (χ1) is 8.16. The highest BCUT2D eigenvalue weighted by atomic mass is 16.5. The van der Waals surface area contributed by atoms with Crippen LogP contribution in [0.5, 0.6) is 5.75 Å². The number of rotatable bonds is 5. The molecule has 0 atom stereocenters. The van der Waals surface area contributed by atoms with Crippen LogP contribution in [0.25, 0.3) is 0 Å². The van der Waals surface area contributed by atoms with E-state index >= 15 is 0 Å². The average molecular weight is 242 g/mol. The van der Waals surface area contributed by atoms with Crippen LogP contribution in [-0.4, -0.2) is 25.5 Å². The zero-order valence-electron chi connectivity index (χ0n) is 11.5. The third-order valence-corrected chi connectivity index (χ3v) is 2.37. The lowest BCUT2D eigenvalue weighted by Gasteiger charge is -2.07. The fourth-order valence-corrected chi connectivity index (χ4v) is 1.27. The summed E-state index contributed by atoms with van der Waals surface area (Å²) in [5.41, 5.74) is 1.75. The largest absolute Gasteiger partial charge is 0.493 e. The minimum absolute atomic E-state index is 0.629. The molecule has 0 fully saturated rings. The molecule has 1 aromatic heterocycles. The number of ether oxygens (including phenoxy) is 2. The Kier molecular flexibility index (Phi) is 8.15. The Balaban J connectivity index is 0.00000121. The molecule has 0 radical (unpaired) electrons. The van der Waals surface area contributed by atoms with Crippen molar-refractivity contribution in [3.63, 3.8) is 0 Å². The third kappa shape index (κ3) is 5.04. The summed E-state index contributed by atoms with van der Waals surface area (Å²) in [5, 5.41) is 9.38. The molecular weight excluding hydrogens is 218 g/mol. The van der Waals surface area contributed by atoms with E-state index in [2.05, 4.69) is 0 Å². The zero-order valence-corrected chi connectivity index (χ0v) is 11.5. The highest BCUT2D eigenvalue weighted by molar-refractivity contribution is 5.31. The fourth-order valence-electron chi connectivity index (χ4n) is 1.27. The van der Waals surface area contributed by atoms with Gasteiger partial charge in [0.2, 0.25) is 11.9 Å². The smallest absolute Gasteiger partial charge is 0.237 e. The van der Waals surface area contributed by atoms with E-state index in [0.717, 1.165) is 28.2 Å². The highest BCUT2D eigenvalue weighted by Crippen LogP contribution is 2.17. The van der Waals surface area contributed by atoms with Crippen molar-refractivity contribution in [1.29, 1.82) is 0 Å². The molecule has 0 aliphatic heterocycles. The molecule has 17 heavy (non-hydrogen) atoms. The first kappa shape index (κ1) is 15.7. The molecule has 1 N–H and O–H groups in total. The maximum atomic E-state index is 9.38. The molecule has 4 nitrogen and oxygen atoms in total. The summed E-state index contributed by atoms with van der Waals surface area (Å²) in [6.07, 6.45) is 2.44. The second-order valence-electron chi connectivity index (χ2n) is 3.43. The normalized spacial score (nSPS) is 9.47. The zero-order chi connectivity index (χ0) is 13.3. The predicted octanol–water partition coefficient (Wildman–Crippen LogP) is 2.27. The number of pyridine rings is 1. The first-order valence-corrected chi connectivity index (χ1v) is 5.99. The lowest BCUT2D eigenvalue weighted by atomic mass is 10.2. The van der Waals surface area contributed by atoms with E-state index in [-0.39, 0.29) is 0 Å². The van der Waals surface area contributed by atoms with Crippen LogP contribution in [-0.2, 0) is 4.74 Å². The molecule has 0 amide bonds. The third-order valence-electron chi connectivity index (χ3n) is 2.37. The van der Waals surface area contributed by atoms with Crippen LogP contribution in [0.15, 0.2) is 12.3 Å². The second-order valence-corrected chi connectivity index (χ2v) is 3.43. The Morgan fingerprint density at radius 1 is 1.24 bits per heavy atom. The van der Waals surface area contributed by atoms with Gasteiger partial charge in [-0.3, -0.25) is 5.21 Å². The van der Waals surface area contributed by atoms with Crippen molar-refractivity contribution >= 4 is 0 Å². The Labute approximate surface area is 104 Å². The molecule has 0 aromatic carbocycles. The molecule has 0 aliphatic rings. The van der Waals surface area contributed by atoms with Gasteiger partial charge >= 0.3 is 0 Å². The van der Waals surface area contributed by atoms with Gasteiger partial charge in [-0.05, 0) is 6.92 Å². The molecular formula is C13H24NO3+. The molecule has 1 heterocycles. The number of hydrogen-bond donors (Lipinski definition) is 1. The van der Waals surface area contributed by atoms with Crippen LogP contribution in [0.3, 0.4) is 0 Å². The molecule has 0 saturated heterocycles. The quantitative estimate of drug-likeness (QED) is 0.489. The molecule has 1 rings (SSSR count). The lowest BCUT2D eigenvalue weighted by Crippen LogP contribution is -2.33. The van der Waals surface area contributed by atoms with Crippen molar-refractivity contribution < 1.29 is 19.4 Å². The van der Waals surface area contributed by atoms with Crippen LogP contribution >= 0.6 is 0 Å². The second kappa shape index (κ2) is 8.82. The van der Waals surface area contributed by atoms with Crippen molar-refractivity contribution in [1.82, 2.24) is 0 Å². The van der Waals surface area contributed by atoms with Gasteiger partial charge in [-0.1, -0.05) is 13.8 Å². The van der Waals surface area contributed by atoms with Gasteiger partial charge in [-0.2, -0.15) is 0 Å². The van der Waals surface area contributed by atoms with Crippen molar-refractivity contribution in [3.05, 3.63) is 23.5 Å². The first-order valence-electron chi connectivity index (χ1n) is 5.99. The summed E-state index contributed by atoms with van der Waals surface area (Å²) in [5.74, 6) is 0.814. The van der Waals surface area contributed by atoms with E-state index in [0.29, 0.717) is 13.2 Å². The Morgan fingerprint density at radius 3 is 2.47 bits per heavy atom. The van der Waals surface area contributed by atoms with Crippen molar-refractivity contribution in [2.45, 2.75) is 34.1 Å². The summed E-state index contributed by atoms with van der Waals surface area (Å²) in [6, 6.07) is 1.76. The molecule has 4 heteroatoms. The van der Waals surface area contributed by atoms with Gasteiger partial charge in [0.15, 0.2) is 0 Å². The van der Waals surface area contributed by atoms with E-state index < -0.39 is 0 Å². The highest BCUT2D eigenvalue weighted by Gasteiger charge is 2.12. The van der Waals surface area contributed by atoms with E-state index in [1.54, 1.807) is 19.4 Å². The summed E-state index contributed by atoms with van der Waals surface area (Å²) in [4.78, 5) is 0. The van der Waals surface area contributed by atoms with Gasteiger partial charge in [0.05, 0.1) is 12.2 Å². The number of aromatic nitrogens is 1.